The van der Waals surface area contributed by atoms with E-state index in [9.17, 15) is 19.8 Å². The second-order valence-corrected chi connectivity index (χ2v) is 20.0. The summed E-state index contributed by atoms with van der Waals surface area (Å²) in [6.07, 6.45) is 63.7. The summed E-state index contributed by atoms with van der Waals surface area (Å²) in [5, 5.41) is 23.1. The highest BCUT2D eigenvalue weighted by Gasteiger charge is 2.18. The normalized spacial score (nSPS) is 12.6. The largest absolute Gasteiger partial charge is 0.466 e. The van der Waals surface area contributed by atoms with Crippen LogP contribution < -0.4 is 5.32 Å². The number of carbonyl (C=O) groups is 2. The number of ether oxygens (including phenoxy) is 1. The molecule has 6 heteroatoms. The van der Waals surface area contributed by atoms with Crippen molar-refractivity contribution >= 4 is 11.9 Å². The van der Waals surface area contributed by atoms with E-state index in [4.69, 9.17) is 4.74 Å². The highest BCUT2D eigenvalue weighted by molar-refractivity contribution is 5.76. The summed E-state index contributed by atoms with van der Waals surface area (Å²) in [6.45, 7) is 4.91. The van der Waals surface area contributed by atoms with Gasteiger partial charge in [-0.2, -0.15) is 0 Å². The maximum absolute atomic E-state index is 12.5. The number of unbranched alkanes of at least 4 members (excludes halogenated alkanes) is 43. The lowest BCUT2D eigenvalue weighted by atomic mass is 10.0. The van der Waals surface area contributed by atoms with Crippen LogP contribution in [0.3, 0.4) is 0 Å². The van der Waals surface area contributed by atoms with Crippen LogP contribution in [0.1, 0.15) is 322 Å². The maximum atomic E-state index is 12.5. The van der Waals surface area contributed by atoms with Gasteiger partial charge in [0.15, 0.2) is 0 Å². The zero-order valence-electron chi connectivity index (χ0n) is 43.3. The fourth-order valence-corrected chi connectivity index (χ4v) is 9.11. The van der Waals surface area contributed by atoms with E-state index in [-0.39, 0.29) is 18.5 Å². The fourth-order valence-electron chi connectivity index (χ4n) is 9.11. The molecule has 0 aliphatic carbocycles. The SMILES string of the molecule is CCCCCCCCCCCCCCCCCC/C=C/C(O)C(CO)NC(=O)CCCCCCCCCCCCCCCCCCOC(=O)CCCCCCCCCCCCCCC. The first-order chi connectivity index (χ1) is 31.5. The number of rotatable bonds is 54. The highest BCUT2D eigenvalue weighted by Crippen LogP contribution is 2.17. The van der Waals surface area contributed by atoms with E-state index in [0.29, 0.717) is 19.4 Å². The molecule has 2 unspecified atom stereocenters. The molecule has 0 fully saturated rings. The van der Waals surface area contributed by atoms with Gasteiger partial charge in [0.05, 0.1) is 25.4 Å². The van der Waals surface area contributed by atoms with Crippen molar-refractivity contribution in [1.29, 1.82) is 0 Å². The average Bonchev–Trinajstić information content (AvgIpc) is 3.29. The van der Waals surface area contributed by atoms with E-state index < -0.39 is 12.1 Å². The lowest BCUT2D eigenvalue weighted by molar-refractivity contribution is -0.143. The first-order valence-electron chi connectivity index (χ1n) is 29.0. The van der Waals surface area contributed by atoms with E-state index in [2.05, 4.69) is 19.2 Å². The highest BCUT2D eigenvalue weighted by atomic mass is 16.5. The van der Waals surface area contributed by atoms with Crippen molar-refractivity contribution in [3.8, 4) is 0 Å². The molecule has 0 aliphatic rings. The van der Waals surface area contributed by atoms with Crippen molar-refractivity contribution in [3.63, 3.8) is 0 Å². The molecule has 3 N–H and O–H groups in total. The number of hydrogen-bond donors (Lipinski definition) is 3. The topological polar surface area (TPSA) is 95.9 Å². The molecule has 0 bridgehead atoms. The maximum Gasteiger partial charge on any atom is 0.305 e. The van der Waals surface area contributed by atoms with Crippen LogP contribution in [0.5, 0.6) is 0 Å². The summed E-state index contributed by atoms with van der Waals surface area (Å²) in [5.41, 5.74) is 0. The van der Waals surface area contributed by atoms with Crippen molar-refractivity contribution in [2.75, 3.05) is 13.2 Å². The van der Waals surface area contributed by atoms with Crippen LogP contribution in [-0.4, -0.2) is 47.4 Å². The van der Waals surface area contributed by atoms with Gasteiger partial charge < -0.3 is 20.3 Å². The number of amides is 1. The molecule has 0 saturated carbocycles. The van der Waals surface area contributed by atoms with Gasteiger partial charge in [0.25, 0.3) is 0 Å². The van der Waals surface area contributed by atoms with Crippen molar-refractivity contribution in [2.24, 2.45) is 0 Å². The third-order valence-corrected chi connectivity index (χ3v) is 13.6. The Labute approximate surface area is 399 Å². The Morgan fingerprint density at radius 1 is 0.422 bits per heavy atom. The Balaban J connectivity index is 3.45. The minimum atomic E-state index is -0.848. The van der Waals surface area contributed by atoms with Crippen molar-refractivity contribution < 1.29 is 24.5 Å². The molecule has 0 aromatic heterocycles. The Morgan fingerprint density at radius 2 is 0.719 bits per heavy atom. The van der Waals surface area contributed by atoms with Gasteiger partial charge in [0.1, 0.15) is 0 Å². The minimum Gasteiger partial charge on any atom is -0.466 e. The van der Waals surface area contributed by atoms with Crippen LogP contribution >= 0.6 is 0 Å². The smallest absolute Gasteiger partial charge is 0.305 e. The molecule has 0 aromatic carbocycles. The number of allylic oxidation sites excluding steroid dienone is 1. The Morgan fingerprint density at radius 3 is 1.06 bits per heavy atom. The Bertz CT molecular complexity index is 955. The third kappa shape index (κ3) is 50.0. The molecule has 64 heavy (non-hydrogen) atoms. The van der Waals surface area contributed by atoms with Gasteiger partial charge in [-0.1, -0.05) is 289 Å². The van der Waals surface area contributed by atoms with Crippen LogP contribution in [0, 0.1) is 0 Å². The second-order valence-electron chi connectivity index (χ2n) is 20.0. The fraction of sp³-hybridized carbons (Fsp3) is 0.931. The van der Waals surface area contributed by atoms with Crippen LogP contribution in [0.25, 0.3) is 0 Å². The van der Waals surface area contributed by atoms with Gasteiger partial charge in [0, 0.05) is 12.8 Å². The summed E-state index contributed by atoms with van der Waals surface area (Å²) < 4.78 is 5.47. The molecule has 0 saturated heterocycles. The summed E-state index contributed by atoms with van der Waals surface area (Å²) >= 11 is 0. The molecule has 0 heterocycles. The molecule has 0 aromatic rings. The minimum absolute atomic E-state index is 0.00428. The molecular weight excluding hydrogens is 791 g/mol. The number of esters is 1. The summed E-state index contributed by atoms with van der Waals surface area (Å²) in [4.78, 5) is 24.5. The summed E-state index contributed by atoms with van der Waals surface area (Å²) in [6, 6.07) is -0.632. The van der Waals surface area contributed by atoms with E-state index in [1.165, 1.54) is 250 Å². The van der Waals surface area contributed by atoms with E-state index in [0.717, 1.165) is 44.9 Å². The summed E-state index contributed by atoms with van der Waals surface area (Å²) in [7, 11) is 0. The number of nitrogens with one attached hydrogen (secondary N) is 1. The van der Waals surface area contributed by atoms with E-state index >= 15 is 0 Å². The second kappa shape index (κ2) is 54.2. The van der Waals surface area contributed by atoms with Gasteiger partial charge in [-0.25, -0.2) is 0 Å². The van der Waals surface area contributed by atoms with Crippen LogP contribution in [0.2, 0.25) is 0 Å². The summed E-state index contributed by atoms with van der Waals surface area (Å²) in [5.74, 6) is -0.0676. The van der Waals surface area contributed by atoms with Gasteiger partial charge in [-0.05, 0) is 32.1 Å². The van der Waals surface area contributed by atoms with Crippen molar-refractivity contribution in [3.05, 3.63) is 12.2 Å². The Kier molecular flexibility index (Phi) is 53.0. The van der Waals surface area contributed by atoms with Crippen LogP contribution in [0.15, 0.2) is 12.2 Å². The molecule has 380 valence electrons. The van der Waals surface area contributed by atoms with Gasteiger partial charge in [-0.3, -0.25) is 9.59 Å². The third-order valence-electron chi connectivity index (χ3n) is 13.6. The first kappa shape index (κ1) is 62.6. The van der Waals surface area contributed by atoms with Crippen LogP contribution in [-0.2, 0) is 14.3 Å². The average molecular weight is 905 g/mol. The zero-order valence-corrected chi connectivity index (χ0v) is 43.3. The van der Waals surface area contributed by atoms with Gasteiger partial charge >= 0.3 is 5.97 Å². The number of hydrogen-bond acceptors (Lipinski definition) is 5. The van der Waals surface area contributed by atoms with Crippen LogP contribution in [0.4, 0.5) is 0 Å². The molecule has 0 radical (unpaired) electrons. The van der Waals surface area contributed by atoms with E-state index in [1.54, 1.807) is 6.08 Å². The molecule has 0 rings (SSSR count). The number of aliphatic hydroxyl groups excluding tert-OH is 2. The van der Waals surface area contributed by atoms with Crippen molar-refractivity contribution in [1.82, 2.24) is 5.32 Å². The standard InChI is InChI=1S/C58H113NO5/c1-3-5-7-9-11-13-15-17-18-19-20-23-27-30-34-38-42-46-50-56(61)55(54-60)59-57(62)51-47-43-39-35-31-28-24-21-22-25-29-33-37-41-45-49-53-64-58(63)52-48-44-40-36-32-26-16-14-12-10-8-6-4-2/h46,50,55-56,60-61H,3-45,47-49,51-54H2,1-2H3,(H,59,62)/b50-46+. The quantitative estimate of drug-likeness (QED) is 0.0321. The van der Waals surface area contributed by atoms with E-state index in [1.807, 2.05) is 6.08 Å². The molecule has 6 nitrogen and oxygen atoms in total. The molecular formula is C58H113NO5. The molecule has 1 amide bonds. The first-order valence-corrected chi connectivity index (χ1v) is 29.0. The van der Waals surface area contributed by atoms with Gasteiger partial charge in [0.2, 0.25) is 5.91 Å². The molecule has 0 spiro atoms. The predicted molar refractivity (Wildman–Crippen MR) is 278 cm³/mol. The van der Waals surface area contributed by atoms with Crippen molar-refractivity contribution in [2.45, 2.75) is 334 Å². The van der Waals surface area contributed by atoms with Gasteiger partial charge in [-0.15, -0.1) is 0 Å². The monoisotopic (exact) mass is 904 g/mol. The zero-order chi connectivity index (χ0) is 46.5. The number of carbonyl (C=O) groups excluding carboxylic acids is 2. The number of aliphatic hydroxyl groups is 2. The predicted octanol–water partition coefficient (Wildman–Crippen LogP) is 17.7. The lowest BCUT2D eigenvalue weighted by Gasteiger charge is -2.20. The lowest BCUT2D eigenvalue weighted by Crippen LogP contribution is -2.45. The molecule has 0 aliphatic heterocycles. The Hall–Kier alpha value is -1.40. The molecule has 2 atom stereocenters.